The number of carboxylic acids is 2. The average molecular weight is 556 g/mol. The van der Waals surface area contributed by atoms with Crippen LogP contribution in [0.4, 0.5) is 0 Å². The van der Waals surface area contributed by atoms with Crippen LogP contribution in [-0.2, 0) is 28.8 Å². The Bertz CT molecular complexity index is 909. The summed E-state index contributed by atoms with van der Waals surface area (Å²) < 4.78 is 0. The predicted octanol–water partition coefficient (Wildman–Crippen LogP) is 0.0666. The standard InChI is InChI=1S/C26H45N5O8/c1-7-15(6)21(30-23(35)18-9-8-10-31(18)25(37)20(27)14(4)5)24(36)28-16(11-13(2)3)22(34)29-17(26(38)39)12-19(32)33/h13-18,20-21H,7-12,27H2,1-6H3,(H,28,36)(H,29,34)(H,30,35)(H,32,33)(H,38,39)/t15-,16-,17-,18-,20-,21-/m0/s1. The monoisotopic (exact) mass is 555 g/mol. The van der Waals surface area contributed by atoms with Gasteiger partial charge in [-0.2, -0.15) is 0 Å². The van der Waals surface area contributed by atoms with Crippen molar-refractivity contribution in [3.63, 3.8) is 0 Å². The first-order valence-electron chi connectivity index (χ1n) is 13.5. The van der Waals surface area contributed by atoms with Crippen molar-refractivity contribution in [1.82, 2.24) is 20.9 Å². The van der Waals surface area contributed by atoms with Crippen molar-refractivity contribution in [3.05, 3.63) is 0 Å². The van der Waals surface area contributed by atoms with Gasteiger partial charge in [0.25, 0.3) is 0 Å². The van der Waals surface area contributed by atoms with Crippen LogP contribution in [0.3, 0.4) is 0 Å². The topological polar surface area (TPSA) is 208 Å². The molecule has 0 saturated carbocycles. The maximum absolute atomic E-state index is 13.4. The first-order valence-corrected chi connectivity index (χ1v) is 13.5. The lowest BCUT2D eigenvalue weighted by atomic mass is 9.96. The van der Waals surface area contributed by atoms with Crippen molar-refractivity contribution in [1.29, 1.82) is 0 Å². The predicted molar refractivity (Wildman–Crippen MR) is 142 cm³/mol. The second-order valence-electron chi connectivity index (χ2n) is 11.0. The van der Waals surface area contributed by atoms with Crippen LogP contribution in [0.2, 0.25) is 0 Å². The quantitative estimate of drug-likeness (QED) is 0.161. The molecule has 1 rings (SSSR count). The zero-order chi connectivity index (χ0) is 30.0. The van der Waals surface area contributed by atoms with E-state index < -0.39 is 66.3 Å². The molecule has 0 bridgehead atoms. The highest BCUT2D eigenvalue weighted by Gasteiger charge is 2.39. The van der Waals surface area contributed by atoms with E-state index in [-0.39, 0.29) is 30.1 Å². The minimum Gasteiger partial charge on any atom is -0.481 e. The molecule has 222 valence electrons. The van der Waals surface area contributed by atoms with Crippen LogP contribution in [-0.4, -0.2) is 87.4 Å². The molecule has 0 aliphatic carbocycles. The van der Waals surface area contributed by atoms with E-state index in [2.05, 4.69) is 16.0 Å². The molecule has 0 unspecified atom stereocenters. The van der Waals surface area contributed by atoms with Gasteiger partial charge >= 0.3 is 11.9 Å². The van der Waals surface area contributed by atoms with E-state index in [0.717, 1.165) is 0 Å². The van der Waals surface area contributed by atoms with Gasteiger partial charge in [0.2, 0.25) is 23.6 Å². The van der Waals surface area contributed by atoms with E-state index in [4.69, 9.17) is 10.8 Å². The lowest BCUT2D eigenvalue weighted by Gasteiger charge is -2.31. The van der Waals surface area contributed by atoms with Crippen molar-refractivity contribution in [2.45, 2.75) is 104 Å². The lowest BCUT2D eigenvalue weighted by Crippen LogP contribution is -2.60. The molecule has 0 spiro atoms. The maximum atomic E-state index is 13.4. The van der Waals surface area contributed by atoms with Crippen LogP contribution in [0.5, 0.6) is 0 Å². The zero-order valence-corrected chi connectivity index (χ0v) is 23.7. The number of carbonyl (C=O) groups is 6. The van der Waals surface area contributed by atoms with Gasteiger partial charge in [0.05, 0.1) is 12.5 Å². The molecule has 1 fully saturated rings. The molecular weight excluding hydrogens is 510 g/mol. The van der Waals surface area contributed by atoms with Crippen LogP contribution >= 0.6 is 0 Å². The molecule has 1 heterocycles. The molecule has 1 aliphatic heterocycles. The van der Waals surface area contributed by atoms with Gasteiger partial charge in [0, 0.05) is 6.54 Å². The Morgan fingerprint density at radius 3 is 2.00 bits per heavy atom. The molecule has 13 heteroatoms. The molecule has 1 saturated heterocycles. The van der Waals surface area contributed by atoms with E-state index >= 15 is 0 Å². The molecule has 0 aromatic carbocycles. The Morgan fingerprint density at radius 2 is 1.51 bits per heavy atom. The molecule has 4 amide bonds. The van der Waals surface area contributed by atoms with Crippen LogP contribution in [0.15, 0.2) is 0 Å². The highest BCUT2D eigenvalue weighted by atomic mass is 16.4. The van der Waals surface area contributed by atoms with Gasteiger partial charge in [0.15, 0.2) is 0 Å². The fraction of sp³-hybridized carbons (Fsp3) is 0.769. The van der Waals surface area contributed by atoms with Crippen LogP contribution in [0.1, 0.15) is 73.6 Å². The van der Waals surface area contributed by atoms with Gasteiger partial charge in [-0.1, -0.05) is 48.0 Å². The summed E-state index contributed by atoms with van der Waals surface area (Å²) >= 11 is 0. The number of hydrogen-bond donors (Lipinski definition) is 6. The van der Waals surface area contributed by atoms with Gasteiger partial charge in [-0.15, -0.1) is 0 Å². The molecule has 0 radical (unpaired) electrons. The summed E-state index contributed by atoms with van der Waals surface area (Å²) in [5, 5.41) is 25.8. The van der Waals surface area contributed by atoms with Gasteiger partial charge in [-0.25, -0.2) is 4.79 Å². The Morgan fingerprint density at radius 1 is 0.923 bits per heavy atom. The van der Waals surface area contributed by atoms with Crippen molar-refractivity contribution < 1.29 is 39.0 Å². The summed E-state index contributed by atoms with van der Waals surface area (Å²) in [7, 11) is 0. The number of likely N-dealkylation sites (tertiary alicyclic amines) is 1. The summed E-state index contributed by atoms with van der Waals surface area (Å²) in [6, 6.07) is -5.39. The smallest absolute Gasteiger partial charge is 0.326 e. The van der Waals surface area contributed by atoms with Gasteiger partial charge in [-0.05, 0) is 37.0 Å². The molecule has 39 heavy (non-hydrogen) atoms. The maximum Gasteiger partial charge on any atom is 0.326 e. The number of rotatable bonds is 15. The van der Waals surface area contributed by atoms with Crippen LogP contribution in [0.25, 0.3) is 0 Å². The summed E-state index contributed by atoms with van der Waals surface area (Å²) in [4.78, 5) is 76.3. The molecule has 1 aliphatic rings. The van der Waals surface area contributed by atoms with Crippen LogP contribution < -0.4 is 21.7 Å². The molecule has 7 N–H and O–H groups in total. The van der Waals surface area contributed by atoms with E-state index in [9.17, 15) is 33.9 Å². The molecular formula is C26H45N5O8. The lowest BCUT2D eigenvalue weighted by molar-refractivity contribution is -0.147. The molecule has 13 nitrogen and oxygen atoms in total. The summed E-state index contributed by atoms with van der Waals surface area (Å²) in [6.45, 7) is 11.2. The molecule has 0 aromatic heterocycles. The fourth-order valence-corrected chi connectivity index (χ4v) is 4.34. The third kappa shape index (κ3) is 10.1. The van der Waals surface area contributed by atoms with Crippen molar-refractivity contribution in [2.24, 2.45) is 23.5 Å². The van der Waals surface area contributed by atoms with Gasteiger partial charge in [0.1, 0.15) is 24.2 Å². The van der Waals surface area contributed by atoms with Crippen LogP contribution in [0, 0.1) is 17.8 Å². The van der Waals surface area contributed by atoms with E-state index in [1.54, 1.807) is 20.8 Å². The van der Waals surface area contributed by atoms with E-state index in [1.807, 2.05) is 20.8 Å². The third-order valence-corrected chi connectivity index (χ3v) is 6.97. The first kappa shape index (κ1) is 33.8. The second kappa shape index (κ2) is 15.4. The Labute approximate surface area is 229 Å². The second-order valence-corrected chi connectivity index (χ2v) is 11.0. The van der Waals surface area contributed by atoms with Crippen molar-refractivity contribution in [2.75, 3.05) is 6.54 Å². The van der Waals surface area contributed by atoms with Crippen molar-refractivity contribution >= 4 is 35.6 Å². The number of amides is 4. The summed E-state index contributed by atoms with van der Waals surface area (Å²) in [6.07, 6.45) is 0.884. The fourth-order valence-electron chi connectivity index (χ4n) is 4.34. The number of nitrogens with two attached hydrogens (primary N) is 1. The normalized spacial score (nSPS) is 19.1. The Kier molecular flexibility index (Phi) is 13.3. The zero-order valence-electron chi connectivity index (χ0n) is 23.7. The highest BCUT2D eigenvalue weighted by molar-refractivity contribution is 5.96. The number of aliphatic carboxylic acids is 2. The first-order chi connectivity index (χ1) is 18.1. The highest BCUT2D eigenvalue weighted by Crippen LogP contribution is 2.21. The van der Waals surface area contributed by atoms with Gasteiger partial charge in [-0.3, -0.25) is 24.0 Å². The van der Waals surface area contributed by atoms with E-state index in [0.29, 0.717) is 25.8 Å². The Hall–Kier alpha value is -3.22. The number of carboxylic acid groups (broad SMARTS) is 2. The summed E-state index contributed by atoms with van der Waals surface area (Å²) in [5.74, 6) is -5.74. The number of nitrogens with one attached hydrogen (secondary N) is 3. The minimum absolute atomic E-state index is 0.0799. The number of nitrogens with zero attached hydrogens (tertiary/aromatic N) is 1. The third-order valence-electron chi connectivity index (χ3n) is 6.97. The Balaban J connectivity index is 3.09. The average Bonchev–Trinajstić information content (AvgIpc) is 3.34. The number of hydrogen-bond acceptors (Lipinski definition) is 7. The molecule has 0 aromatic rings. The number of carbonyl (C=O) groups excluding carboxylic acids is 4. The SMILES string of the molecule is CC[C@H](C)[C@H](NC(=O)[C@@H]1CCCN1C(=O)[C@@H](N)C(C)C)C(=O)N[C@@H](CC(C)C)C(=O)N[C@@H](CC(=O)O)C(=O)O. The van der Waals surface area contributed by atoms with Crippen molar-refractivity contribution in [3.8, 4) is 0 Å². The summed E-state index contributed by atoms with van der Waals surface area (Å²) in [5.41, 5.74) is 6.03. The molecule has 6 atom stereocenters. The minimum atomic E-state index is -1.67. The van der Waals surface area contributed by atoms with E-state index in [1.165, 1.54) is 4.90 Å². The largest absolute Gasteiger partial charge is 0.481 e. The van der Waals surface area contributed by atoms with Gasteiger partial charge < -0.3 is 36.8 Å².